The molecule has 164 valence electrons. The van der Waals surface area contributed by atoms with Crippen LogP contribution in [-0.2, 0) is 9.53 Å². The fourth-order valence-corrected chi connectivity index (χ4v) is 3.27. The van der Waals surface area contributed by atoms with Crippen molar-refractivity contribution in [2.75, 3.05) is 47.6 Å². The number of methoxy groups -OCH3 is 3. The summed E-state index contributed by atoms with van der Waals surface area (Å²) in [6.45, 7) is 1.79. The van der Waals surface area contributed by atoms with E-state index in [0.29, 0.717) is 54.7 Å². The van der Waals surface area contributed by atoms with Gasteiger partial charge in [-0.3, -0.25) is 9.59 Å². The predicted molar refractivity (Wildman–Crippen MR) is 115 cm³/mol. The van der Waals surface area contributed by atoms with Gasteiger partial charge < -0.3 is 29.2 Å². The Hall–Kier alpha value is -3.52. The second-order valence-electron chi connectivity index (χ2n) is 6.71. The van der Waals surface area contributed by atoms with Gasteiger partial charge in [-0.05, 0) is 30.3 Å². The van der Waals surface area contributed by atoms with Crippen molar-refractivity contribution in [2.24, 2.45) is 0 Å². The summed E-state index contributed by atoms with van der Waals surface area (Å²) in [5.74, 6) is 0.595. The molecule has 0 spiro atoms. The zero-order valence-corrected chi connectivity index (χ0v) is 17.8. The van der Waals surface area contributed by atoms with E-state index in [-0.39, 0.29) is 17.5 Å². The monoisotopic (exact) mass is 426 g/mol. The van der Waals surface area contributed by atoms with Gasteiger partial charge in [0.05, 0.1) is 34.5 Å². The zero-order chi connectivity index (χ0) is 22.2. The van der Waals surface area contributed by atoms with Gasteiger partial charge in [0.25, 0.3) is 11.8 Å². The molecule has 3 rings (SSSR count). The molecule has 0 radical (unpaired) electrons. The number of rotatable bonds is 7. The highest BCUT2D eigenvalue weighted by molar-refractivity contribution is 6.05. The molecular formula is C23H26N2O6. The molecule has 0 aliphatic carbocycles. The molecule has 0 aromatic heterocycles. The second-order valence-corrected chi connectivity index (χ2v) is 6.71. The van der Waals surface area contributed by atoms with Crippen molar-refractivity contribution in [3.05, 3.63) is 59.3 Å². The van der Waals surface area contributed by atoms with E-state index in [9.17, 15) is 9.59 Å². The number of carbonyl (C=O) groups excluding carboxylic acids is 2. The van der Waals surface area contributed by atoms with E-state index >= 15 is 0 Å². The largest absolute Gasteiger partial charge is 0.493 e. The summed E-state index contributed by atoms with van der Waals surface area (Å²) >= 11 is 0. The number of ether oxygens (including phenoxy) is 4. The van der Waals surface area contributed by atoms with E-state index in [2.05, 4.69) is 5.32 Å². The minimum absolute atomic E-state index is 0.126. The Morgan fingerprint density at radius 2 is 1.61 bits per heavy atom. The van der Waals surface area contributed by atoms with Crippen molar-refractivity contribution in [1.82, 2.24) is 10.2 Å². The normalized spacial score (nSPS) is 14.0. The summed E-state index contributed by atoms with van der Waals surface area (Å²) in [6.07, 6.45) is 1.58. The smallest absolute Gasteiger partial charge is 0.270 e. The van der Waals surface area contributed by atoms with Gasteiger partial charge in [-0.1, -0.05) is 18.2 Å². The van der Waals surface area contributed by atoms with E-state index < -0.39 is 0 Å². The van der Waals surface area contributed by atoms with E-state index in [1.807, 2.05) is 6.07 Å². The molecule has 1 aliphatic rings. The van der Waals surface area contributed by atoms with E-state index in [4.69, 9.17) is 18.9 Å². The number of amides is 2. The first-order valence-corrected chi connectivity index (χ1v) is 9.83. The number of hydrogen-bond acceptors (Lipinski definition) is 6. The Labute approximate surface area is 181 Å². The van der Waals surface area contributed by atoms with Crippen LogP contribution in [0, 0.1) is 0 Å². The lowest BCUT2D eigenvalue weighted by Gasteiger charge is -2.28. The molecule has 1 saturated heterocycles. The number of nitrogens with one attached hydrogen (secondary N) is 1. The average molecular weight is 426 g/mol. The van der Waals surface area contributed by atoms with Gasteiger partial charge in [0.2, 0.25) is 5.75 Å². The average Bonchev–Trinajstić information content (AvgIpc) is 2.83. The first-order valence-electron chi connectivity index (χ1n) is 9.83. The van der Waals surface area contributed by atoms with Crippen LogP contribution < -0.4 is 19.5 Å². The molecule has 2 aromatic carbocycles. The lowest BCUT2D eigenvalue weighted by molar-refractivity contribution is -0.131. The Morgan fingerprint density at radius 1 is 0.935 bits per heavy atom. The summed E-state index contributed by atoms with van der Waals surface area (Å²) in [5, 5.41) is 2.76. The molecule has 1 heterocycles. The van der Waals surface area contributed by atoms with Gasteiger partial charge in [0, 0.05) is 24.2 Å². The maximum atomic E-state index is 13.2. The third kappa shape index (κ3) is 5.16. The highest BCUT2D eigenvalue weighted by atomic mass is 16.5. The third-order valence-corrected chi connectivity index (χ3v) is 4.85. The number of morpholine rings is 1. The van der Waals surface area contributed by atoms with Crippen LogP contribution in [0.25, 0.3) is 6.08 Å². The summed E-state index contributed by atoms with van der Waals surface area (Å²) in [5.41, 5.74) is 1.13. The molecule has 31 heavy (non-hydrogen) atoms. The van der Waals surface area contributed by atoms with E-state index in [1.165, 1.54) is 21.3 Å². The van der Waals surface area contributed by atoms with Crippen LogP contribution in [0.15, 0.2) is 48.2 Å². The molecule has 1 aliphatic heterocycles. The lowest BCUT2D eigenvalue weighted by Crippen LogP contribution is -2.44. The topological polar surface area (TPSA) is 86.3 Å². The van der Waals surface area contributed by atoms with Gasteiger partial charge in [-0.2, -0.15) is 0 Å². The molecule has 1 fully saturated rings. The molecule has 0 bridgehead atoms. The first-order chi connectivity index (χ1) is 15.1. The van der Waals surface area contributed by atoms with Crippen LogP contribution in [0.3, 0.4) is 0 Å². The molecule has 8 heteroatoms. The minimum atomic E-state index is -0.382. The molecule has 0 atom stereocenters. The highest BCUT2D eigenvalue weighted by Gasteiger charge is 2.24. The maximum Gasteiger partial charge on any atom is 0.270 e. The van der Waals surface area contributed by atoms with Gasteiger partial charge in [-0.15, -0.1) is 0 Å². The molecule has 0 saturated carbocycles. The van der Waals surface area contributed by atoms with Gasteiger partial charge >= 0.3 is 0 Å². The quantitative estimate of drug-likeness (QED) is 0.684. The van der Waals surface area contributed by atoms with Crippen LogP contribution in [0.2, 0.25) is 0 Å². The number of carbonyl (C=O) groups is 2. The molecule has 1 N–H and O–H groups in total. The summed E-state index contributed by atoms with van der Waals surface area (Å²) in [4.78, 5) is 27.7. The molecule has 2 amide bonds. The van der Waals surface area contributed by atoms with Gasteiger partial charge in [-0.25, -0.2) is 0 Å². The summed E-state index contributed by atoms with van der Waals surface area (Å²) in [6, 6.07) is 12.2. The highest BCUT2D eigenvalue weighted by Crippen LogP contribution is 2.40. The SMILES string of the molecule is COc1ccc(C=C(NC(=O)c2ccccc2)C(=O)N2CCOCC2)c(OC)c1OC. The summed E-state index contributed by atoms with van der Waals surface area (Å²) in [7, 11) is 4.53. The summed E-state index contributed by atoms with van der Waals surface area (Å²) < 4.78 is 21.6. The Kier molecular flexibility index (Phi) is 7.50. The number of hydrogen-bond donors (Lipinski definition) is 1. The van der Waals surface area contributed by atoms with E-state index in [0.717, 1.165) is 0 Å². The van der Waals surface area contributed by atoms with Crippen LogP contribution in [-0.4, -0.2) is 64.3 Å². The third-order valence-electron chi connectivity index (χ3n) is 4.85. The Bertz CT molecular complexity index is 952. The van der Waals surface area contributed by atoms with Crippen molar-refractivity contribution in [2.45, 2.75) is 0 Å². The van der Waals surface area contributed by atoms with Gasteiger partial charge in [0.15, 0.2) is 11.5 Å². The fourth-order valence-electron chi connectivity index (χ4n) is 3.27. The van der Waals surface area contributed by atoms with Crippen LogP contribution in [0.5, 0.6) is 17.2 Å². The van der Waals surface area contributed by atoms with Crippen molar-refractivity contribution >= 4 is 17.9 Å². The van der Waals surface area contributed by atoms with Crippen LogP contribution in [0.4, 0.5) is 0 Å². The number of nitrogens with zero attached hydrogens (tertiary/aromatic N) is 1. The van der Waals surface area contributed by atoms with E-state index in [1.54, 1.807) is 47.4 Å². The van der Waals surface area contributed by atoms with Crippen molar-refractivity contribution in [3.63, 3.8) is 0 Å². The first kappa shape index (κ1) is 22.2. The van der Waals surface area contributed by atoms with Crippen molar-refractivity contribution < 1.29 is 28.5 Å². The van der Waals surface area contributed by atoms with Crippen molar-refractivity contribution in [1.29, 1.82) is 0 Å². The second kappa shape index (κ2) is 10.5. The Morgan fingerprint density at radius 3 is 2.23 bits per heavy atom. The lowest BCUT2D eigenvalue weighted by atomic mass is 10.1. The fraction of sp³-hybridized carbons (Fsp3) is 0.304. The molecule has 0 unspecified atom stereocenters. The maximum absolute atomic E-state index is 13.2. The molecular weight excluding hydrogens is 400 g/mol. The molecule has 8 nitrogen and oxygen atoms in total. The Balaban J connectivity index is 2.02. The minimum Gasteiger partial charge on any atom is -0.493 e. The zero-order valence-electron chi connectivity index (χ0n) is 17.8. The van der Waals surface area contributed by atoms with Gasteiger partial charge in [0.1, 0.15) is 5.70 Å². The van der Waals surface area contributed by atoms with Crippen LogP contribution in [0.1, 0.15) is 15.9 Å². The predicted octanol–water partition coefficient (Wildman–Crippen LogP) is 2.34. The number of benzene rings is 2. The standard InChI is InChI=1S/C23H26N2O6/c1-28-19-10-9-17(20(29-2)21(19)30-3)15-18(23(27)25-11-13-31-14-12-25)24-22(26)16-7-5-4-6-8-16/h4-10,15H,11-14H2,1-3H3,(H,24,26). The van der Waals surface area contributed by atoms with Crippen LogP contribution >= 0.6 is 0 Å². The van der Waals surface area contributed by atoms with Crippen molar-refractivity contribution in [3.8, 4) is 17.2 Å². The molecule has 2 aromatic rings.